The average Bonchev–Trinajstić information content (AvgIpc) is 2.11. The number of amides is 1. The standard InChI is InChI=1S/C9H15NO3/c1-6(13-2)8-7(4-3-5-11)10-9(8)12/h5-8H,3-4H2,1-2H3,(H,10,12)/t6?,7?,8-/m1/s1. The zero-order valence-electron chi connectivity index (χ0n) is 7.95. The highest BCUT2D eigenvalue weighted by Crippen LogP contribution is 2.23. The molecule has 1 saturated heterocycles. The van der Waals surface area contributed by atoms with E-state index in [1.165, 1.54) is 0 Å². The smallest absolute Gasteiger partial charge is 0.228 e. The Morgan fingerprint density at radius 3 is 2.85 bits per heavy atom. The second-order valence-electron chi connectivity index (χ2n) is 3.33. The third kappa shape index (κ3) is 2.06. The zero-order chi connectivity index (χ0) is 9.84. The van der Waals surface area contributed by atoms with Crippen LogP contribution in [0.15, 0.2) is 0 Å². The van der Waals surface area contributed by atoms with Gasteiger partial charge in [-0.1, -0.05) is 0 Å². The van der Waals surface area contributed by atoms with Crippen LogP contribution in [0.5, 0.6) is 0 Å². The van der Waals surface area contributed by atoms with Crippen molar-refractivity contribution in [2.45, 2.75) is 31.9 Å². The second-order valence-corrected chi connectivity index (χ2v) is 3.33. The van der Waals surface area contributed by atoms with Crippen molar-refractivity contribution in [2.24, 2.45) is 5.92 Å². The Labute approximate surface area is 77.6 Å². The molecule has 0 aromatic heterocycles. The summed E-state index contributed by atoms with van der Waals surface area (Å²) in [6.07, 6.45) is 2.02. The minimum Gasteiger partial charge on any atom is -0.381 e. The zero-order valence-corrected chi connectivity index (χ0v) is 7.95. The molecule has 1 N–H and O–H groups in total. The number of methoxy groups -OCH3 is 1. The summed E-state index contributed by atoms with van der Waals surface area (Å²) < 4.78 is 5.09. The van der Waals surface area contributed by atoms with Gasteiger partial charge in [0.05, 0.1) is 12.0 Å². The van der Waals surface area contributed by atoms with E-state index in [9.17, 15) is 9.59 Å². The molecule has 1 fully saturated rings. The van der Waals surface area contributed by atoms with Crippen molar-refractivity contribution >= 4 is 12.2 Å². The molecule has 0 radical (unpaired) electrons. The molecule has 0 aromatic carbocycles. The largest absolute Gasteiger partial charge is 0.381 e. The fraction of sp³-hybridized carbons (Fsp3) is 0.778. The SMILES string of the molecule is COC(C)[C@H]1C(=O)NC1CCC=O. The van der Waals surface area contributed by atoms with Gasteiger partial charge < -0.3 is 14.8 Å². The maximum absolute atomic E-state index is 11.1. The monoisotopic (exact) mass is 185 g/mol. The quantitative estimate of drug-likeness (QED) is 0.488. The van der Waals surface area contributed by atoms with Crippen molar-refractivity contribution < 1.29 is 14.3 Å². The topological polar surface area (TPSA) is 55.4 Å². The molecule has 1 aliphatic rings. The first kappa shape index (κ1) is 10.2. The molecule has 1 rings (SSSR count). The first-order valence-corrected chi connectivity index (χ1v) is 4.47. The summed E-state index contributed by atoms with van der Waals surface area (Å²) in [6.45, 7) is 1.87. The van der Waals surface area contributed by atoms with Crippen LogP contribution < -0.4 is 5.32 Å². The highest BCUT2D eigenvalue weighted by Gasteiger charge is 2.42. The van der Waals surface area contributed by atoms with Crippen LogP contribution in [-0.2, 0) is 14.3 Å². The molecule has 2 unspecified atom stereocenters. The number of carbonyl (C=O) groups excluding carboxylic acids is 2. The molecule has 4 nitrogen and oxygen atoms in total. The molecule has 13 heavy (non-hydrogen) atoms. The van der Waals surface area contributed by atoms with Gasteiger partial charge in [0.2, 0.25) is 5.91 Å². The molecular formula is C9H15NO3. The van der Waals surface area contributed by atoms with Gasteiger partial charge in [0, 0.05) is 19.6 Å². The molecule has 0 bridgehead atoms. The summed E-state index contributed by atoms with van der Waals surface area (Å²) in [6, 6.07) is 0.118. The van der Waals surface area contributed by atoms with Gasteiger partial charge in [-0.25, -0.2) is 0 Å². The Hall–Kier alpha value is -0.900. The van der Waals surface area contributed by atoms with E-state index in [1.807, 2.05) is 6.92 Å². The fourth-order valence-corrected chi connectivity index (χ4v) is 1.64. The number of rotatable bonds is 5. The molecule has 1 aliphatic heterocycles. The number of hydrogen-bond donors (Lipinski definition) is 1. The molecule has 1 amide bonds. The van der Waals surface area contributed by atoms with Crippen LogP contribution in [0.4, 0.5) is 0 Å². The third-order valence-electron chi connectivity index (χ3n) is 2.54. The van der Waals surface area contributed by atoms with Crippen LogP contribution in [-0.4, -0.2) is 31.4 Å². The Bertz CT molecular complexity index is 205. The minimum atomic E-state index is -0.0788. The molecular weight excluding hydrogens is 170 g/mol. The summed E-state index contributed by atoms with van der Waals surface area (Å²) in [5.41, 5.74) is 0. The number of hydrogen-bond acceptors (Lipinski definition) is 3. The van der Waals surface area contributed by atoms with E-state index in [0.29, 0.717) is 12.8 Å². The van der Waals surface area contributed by atoms with E-state index >= 15 is 0 Å². The highest BCUT2D eigenvalue weighted by molar-refractivity contribution is 5.86. The lowest BCUT2D eigenvalue weighted by atomic mass is 9.83. The van der Waals surface area contributed by atoms with Gasteiger partial charge in [0.15, 0.2) is 0 Å². The summed E-state index contributed by atoms with van der Waals surface area (Å²) >= 11 is 0. The van der Waals surface area contributed by atoms with E-state index in [4.69, 9.17) is 4.74 Å². The number of carbonyl (C=O) groups is 2. The Morgan fingerprint density at radius 2 is 2.38 bits per heavy atom. The van der Waals surface area contributed by atoms with Crippen molar-refractivity contribution in [3.05, 3.63) is 0 Å². The average molecular weight is 185 g/mol. The maximum Gasteiger partial charge on any atom is 0.228 e. The predicted octanol–water partition coefficient (Wildman–Crippen LogP) is 0.115. The molecule has 0 aromatic rings. The summed E-state index contributed by atoms with van der Waals surface area (Å²) in [4.78, 5) is 21.3. The maximum atomic E-state index is 11.1. The van der Waals surface area contributed by atoms with Gasteiger partial charge in [-0.05, 0) is 13.3 Å². The van der Waals surface area contributed by atoms with Crippen LogP contribution in [0.2, 0.25) is 0 Å². The van der Waals surface area contributed by atoms with E-state index in [1.54, 1.807) is 7.11 Å². The van der Waals surface area contributed by atoms with Crippen molar-refractivity contribution in [3.63, 3.8) is 0 Å². The van der Waals surface area contributed by atoms with E-state index in [-0.39, 0.29) is 24.0 Å². The van der Waals surface area contributed by atoms with Crippen molar-refractivity contribution in [1.82, 2.24) is 5.32 Å². The predicted molar refractivity (Wildman–Crippen MR) is 47.2 cm³/mol. The lowest BCUT2D eigenvalue weighted by Crippen LogP contribution is -2.62. The molecule has 0 spiro atoms. The molecule has 3 atom stereocenters. The van der Waals surface area contributed by atoms with E-state index < -0.39 is 0 Å². The van der Waals surface area contributed by atoms with Crippen molar-refractivity contribution in [2.75, 3.05) is 7.11 Å². The van der Waals surface area contributed by atoms with Gasteiger partial charge in [-0.2, -0.15) is 0 Å². The van der Waals surface area contributed by atoms with Gasteiger partial charge in [-0.3, -0.25) is 4.79 Å². The van der Waals surface area contributed by atoms with Gasteiger partial charge in [0.25, 0.3) is 0 Å². The first-order valence-electron chi connectivity index (χ1n) is 4.47. The summed E-state index contributed by atoms with van der Waals surface area (Å²) in [5.74, 6) is -0.0461. The second kappa shape index (κ2) is 4.37. The van der Waals surface area contributed by atoms with Gasteiger partial charge >= 0.3 is 0 Å². The molecule has 0 aliphatic carbocycles. The normalized spacial score (nSPS) is 28.9. The van der Waals surface area contributed by atoms with Crippen LogP contribution in [0.1, 0.15) is 19.8 Å². The fourth-order valence-electron chi connectivity index (χ4n) is 1.64. The van der Waals surface area contributed by atoms with Crippen LogP contribution in [0.25, 0.3) is 0 Å². The van der Waals surface area contributed by atoms with Crippen LogP contribution >= 0.6 is 0 Å². The van der Waals surface area contributed by atoms with Gasteiger partial charge in [0.1, 0.15) is 6.29 Å². The Balaban J connectivity index is 2.41. The van der Waals surface area contributed by atoms with Crippen molar-refractivity contribution in [3.8, 4) is 0 Å². The number of nitrogens with one attached hydrogen (secondary N) is 1. The number of aldehydes is 1. The Morgan fingerprint density at radius 1 is 1.69 bits per heavy atom. The molecule has 0 saturated carbocycles. The molecule has 1 heterocycles. The van der Waals surface area contributed by atoms with Gasteiger partial charge in [-0.15, -0.1) is 0 Å². The van der Waals surface area contributed by atoms with E-state index in [0.717, 1.165) is 6.29 Å². The highest BCUT2D eigenvalue weighted by atomic mass is 16.5. The van der Waals surface area contributed by atoms with Crippen molar-refractivity contribution in [1.29, 1.82) is 0 Å². The number of ether oxygens (including phenoxy) is 1. The minimum absolute atomic E-state index is 0.0326. The first-order chi connectivity index (χ1) is 6.20. The van der Waals surface area contributed by atoms with E-state index in [2.05, 4.69) is 5.32 Å². The summed E-state index contributed by atoms with van der Waals surface area (Å²) in [7, 11) is 1.59. The Kier molecular flexibility index (Phi) is 3.42. The third-order valence-corrected chi connectivity index (χ3v) is 2.54. The number of β-lactam (4-membered cyclic amide) rings is 1. The van der Waals surface area contributed by atoms with Crippen LogP contribution in [0, 0.1) is 5.92 Å². The summed E-state index contributed by atoms with van der Waals surface area (Å²) in [5, 5.41) is 2.77. The van der Waals surface area contributed by atoms with Crippen LogP contribution in [0.3, 0.4) is 0 Å². The molecule has 74 valence electrons. The lowest BCUT2D eigenvalue weighted by molar-refractivity contribution is -0.142. The lowest BCUT2D eigenvalue weighted by Gasteiger charge is -2.39. The molecule has 4 heteroatoms.